The maximum absolute atomic E-state index is 11.6. The minimum Gasteiger partial charge on any atom is -0.466 e. The van der Waals surface area contributed by atoms with E-state index in [2.05, 4.69) is 16.7 Å². The van der Waals surface area contributed by atoms with Gasteiger partial charge in [-0.05, 0) is 33.2 Å². The molecule has 1 saturated heterocycles. The van der Waals surface area contributed by atoms with Gasteiger partial charge in [-0.1, -0.05) is 0 Å². The largest absolute Gasteiger partial charge is 0.466 e. The van der Waals surface area contributed by atoms with Crippen molar-refractivity contribution in [3.05, 3.63) is 0 Å². The highest BCUT2D eigenvalue weighted by Gasteiger charge is 2.26. The van der Waals surface area contributed by atoms with Crippen molar-refractivity contribution in [2.24, 2.45) is 5.92 Å². The molecule has 0 aromatic carbocycles. The summed E-state index contributed by atoms with van der Waals surface area (Å²) in [6, 6.07) is 0. The topological polar surface area (TPSA) is 29.5 Å². The number of hydrogen-bond acceptors (Lipinski definition) is 3. The predicted molar refractivity (Wildman–Crippen MR) is 63.9 cm³/mol. The molecular weight excluding hydrogens is 202 g/mol. The summed E-state index contributed by atoms with van der Waals surface area (Å²) >= 11 is 0. The van der Waals surface area contributed by atoms with Gasteiger partial charge in [0, 0.05) is 19.5 Å². The van der Waals surface area contributed by atoms with Gasteiger partial charge in [0.2, 0.25) is 0 Å². The van der Waals surface area contributed by atoms with E-state index in [9.17, 15) is 4.79 Å². The Labute approximate surface area is 98.1 Å². The lowest BCUT2D eigenvalue weighted by molar-refractivity contribution is -0.149. The second-order valence-electron chi connectivity index (χ2n) is 4.07. The van der Waals surface area contributed by atoms with Gasteiger partial charge in [-0.3, -0.25) is 4.79 Å². The van der Waals surface area contributed by atoms with E-state index in [1.807, 2.05) is 13.8 Å². The van der Waals surface area contributed by atoms with Crippen molar-refractivity contribution in [1.29, 1.82) is 0 Å². The van der Waals surface area contributed by atoms with Crippen LogP contribution in [-0.2, 0) is 9.53 Å². The average Bonchev–Trinajstić information content (AvgIpc) is 2.30. The van der Waals surface area contributed by atoms with Crippen LogP contribution in [-0.4, -0.2) is 37.1 Å². The molecule has 16 heavy (non-hydrogen) atoms. The molecule has 0 aliphatic carbocycles. The summed E-state index contributed by atoms with van der Waals surface area (Å²) in [5.74, 6) is 5.99. The molecule has 0 unspecified atom stereocenters. The Balaban J connectivity index is 2.33. The zero-order chi connectivity index (χ0) is 11.8. The fourth-order valence-electron chi connectivity index (χ4n) is 2.05. The monoisotopic (exact) mass is 223 g/mol. The molecule has 0 radical (unpaired) electrons. The van der Waals surface area contributed by atoms with Gasteiger partial charge in [0.1, 0.15) is 0 Å². The van der Waals surface area contributed by atoms with Gasteiger partial charge in [0.25, 0.3) is 0 Å². The Morgan fingerprint density at radius 1 is 1.56 bits per heavy atom. The van der Waals surface area contributed by atoms with Crippen molar-refractivity contribution >= 4 is 5.97 Å². The molecule has 0 aromatic rings. The minimum atomic E-state index is -0.0335. The van der Waals surface area contributed by atoms with Crippen LogP contribution in [0.3, 0.4) is 0 Å². The first-order chi connectivity index (χ1) is 7.77. The highest BCUT2D eigenvalue weighted by Crippen LogP contribution is 2.17. The molecular formula is C13H21NO2. The Hall–Kier alpha value is -1.01. The van der Waals surface area contributed by atoms with Gasteiger partial charge in [-0.2, -0.15) is 0 Å². The molecule has 1 aliphatic heterocycles. The van der Waals surface area contributed by atoms with Crippen LogP contribution < -0.4 is 0 Å². The summed E-state index contributed by atoms with van der Waals surface area (Å²) in [4.78, 5) is 13.9. The van der Waals surface area contributed by atoms with Crippen molar-refractivity contribution < 1.29 is 9.53 Å². The van der Waals surface area contributed by atoms with Crippen LogP contribution >= 0.6 is 0 Å². The highest BCUT2D eigenvalue weighted by atomic mass is 16.5. The van der Waals surface area contributed by atoms with E-state index in [1.54, 1.807) is 0 Å². The zero-order valence-corrected chi connectivity index (χ0v) is 10.3. The quantitative estimate of drug-likeness (QED) is 0.536. The number of piperidine rings is 1. The number of esters is 1. The molecule has 0 saturated carbocycles. The van der Waals surface area contributed by atoms with E-state index < -0.39 is 0 Å². The lowest BCUT2D eigenvalue weighted by Gasteiger charge is -2.30. The normalized spacial score (nSPS) is 21.0. The molecule has 1 aliphatic rings. The minimum absolute atomic E-state index is 0.0335. The van der Waals surface area contributed by atoms with E-state index in [0.717, 1.165) is 38.9 Å². The van der Waals surface area contributed by atoms with Crippen LogP contribution in [0.1, 0.15) is 33.1 Å². The van der Waals surface area contributed by atoms with Crippen molar-refractivity contribution in [2.75, 3.05) is 26.2 Å². The summed E-state index contributed by atoms with van der Waals surface area (Å²) in [5.41, 5.74) is 0. The van der Waals surface area contributed by atoms with Crippen LogP contribution in [0.15, 0.2) is 0 Å². The smallest absolute Gasteiger partial charge is 0.310 e. The number of nitrogens with zero attached hydrogens (tertiary/aromatic N) is 1. The second kappa shape index (κ2) is 7.29. The number of rotatable bonds is 4. The number of hydrogen-bond donors (Lipinski definition) is 0. The van der Waals surface area contributed by atoms with Crippen molar-refractivity contribution in [2.45, 2.75) is 33.1 Å². The third-order valence-electron chi connectivity index (χ3n) is 2.86. The first-order valence-electron chi connectivity index (χ1n) is 6.06. The molecule has 0 bridgehead atoms. The van der Waals surface area contributed by atoms with Crippen LogP contribution in [0.5, 0.6) is 0 Å². The summed E-state index contributed by atoms with van der Waals surface area (Å²) < 4.78 is 5.06. The maximum Gasteiger partial charge on any atom is 0.310 e. The molecule has 0 amide bonds. The van der Waals surface area contributed by atoms with Crippen LogP contribution in [0.2, 0.25) is 0 Å². The van der Waals surface area contributed by atoms with E-state index in [1.165, 1.54) is 0 Å². The third-order valence-corrected chi connectivity index (χ3v) is 2.86. The Morgan fingerprint density at radius 2 is 2.38 bits per heavy atom. The van der Waals surface area contributed by atoms with Crippen LogP contribution in [0.4, 0.5) is 0 Å². The maximum atomic E-state index is 11.6. The van der Waals surface area contributed by atoms with E-state index in [4.69, 9.17) is 4.74 Å². The summed E-state index contributed by atoms with van der Waals surface area (Å²) in [6.45, 7) is 7.09. The van der Waals surface area contributed by atoms with Gasteiger partial charge in [-0.25, -0.2) is 0 Å². The third kappa shape index (κ3) is 4.24. The Bertz CT molecular complexity index is 277. The predicted octanol–water partition coefficient (Wildman–Crippen LogP) is 1.67. The zero-order valence-electron chi connectivity index (χ0n) is 10.3. The van der Waals surface area contributed by atoms with E-state index >= 15 is 0 Å². The van der Waals surface area contributed by atoms with Crippen molar-refractivity contribution in [3.63, 3.8) is 0 Å². The number of ether oxygens (including phenoxy) is 1. The van der Waals surface area contributed by atoms with E-state index in [0.29, 0.717) is 6.61 Å². The van der Waals surface area contributed by atoms with Gasteiger partial charge < -0.3 is 9.64 Å². The highest BCUT2D eigenvalue weighted by molar-refractivity contribution is 5.72. The summed E-state index contributed by atoms with van der Waals surface area (Å²) in [7, 11) is 0. The summed E-state index contributed by atoms with van der Waals surface area (Å²) in [5, 5.41) is 0. The van der Waals surface area contributed by atoms with Gasteiger partial charge >= 0.3 is 5.97 Å². The van der Waals surface area contributed by atoms with Crippen LogP contribution in [0, 0.1) is 17.8 Å². The molecule has 1 heterocycles. The molecule has 1 atom stereocenters. The molecule has 90 valence electrons. The number of carbonyl (C=O) groups excluding carboxylic acids is 1. The van der Waals surface area contributed by atoms with Crippen molar-refractivity contribution in [3.8, 4) is 11.8 Å². The fourth-order valence-corrected chi connectivity index (χ4v) is 2.05. The first-order valence-corrected chi connectivity index (χ1v) is 6.06. The summed E-state index contributed by atoms with van der Waals surface area (Å²) in [6.07, 6.45) is 2.95. The Kier molecular flexibility index (Phi) is 5.95. The van der Waals surface area contributed by atoms with Gasteiger partial charge in [0.05, 0.1) is 12.5 Å². The number of carbonyl (C=O) groups is 1. The lowest BCUT2D eigenvalue weighted by atomic mass is 9.98. The van der Waals surface area contributed by atoms with Crippen molar-refractivity contribution in [1.82, 2.24) is 4.90 Å². The van der Waals surface area contributed by atoms with Crippen LogP contribution in [0.25, 0.3) is 0 Å². The standard InChI is InChI=1S/C13H21NO2/c1-3-5-6-9-14-10-7-8-12(11-14)13(15)16-4-2/h12H,4,6-11H2,1-2H3/t12-/m0/s1. The van der Waals surface area contributed by atoms with Gasteiger partial charge in [0.15, 0.2) is 0 Å². The molecule has 1 rings (SSSR count). The van der Waals surface area contributed by atoms with Gasteiger partial charge in [-0.15, -0.1) is 11.8 Å². The molecule has 0 aromatic heterocycles. The second-order valence-corrected chi connectivity index (χ2v) is 4.07. The molecule has 3 heteroatoms. The molecule has 1 fully saturated rings. The fraction of sp³-hybridized carbons (Fsp3) is 0.769. The molecule has 0 N–H and O–H groups in total. The number of likely N-dealkylation sites (tertiary alicyclic amines) is 1. The average molecular weight is 223 g/mol. The first kappa shape index (κ1) is 13.1. The van der Waals surface area contributed by atoms with E-state index in [-0.39, 0.29) is 11.9 Å². The Morgan fingerprint density at radius 3 is 3.06 bits per heavy atom. The molecule has 3 nitrogen and oxygen atoms in total. The SMILES string of the molecule is CC#CCCN1CCC[C@H](C(=O)OCC)C1. The molecule has 0 spiro atoms. The lowest BCUT2D eigenvalue weighted by Crippen LogP contribution is -2.39.